The Morgan fingerprint density at radius 2 is 1.59 bits per heavy atom. The van der Waals surface area contributed by atoms with Crippen LogP contribution in [0.25, 0.3) is 0 Å². The number of rotatable bonds is 5. The lowest BCUT2D eigenvalue weighted by molar-refractivity contribution is 0.153. The Bertz CT molecular complexity index is 819. The number of benzene rings is 2. The molecule has 1 aliphatic rings. The van der Waals surface area contributed by atoms with E-state index < -0.39 is 0 Å². The highest BCUT2D eigenvalue weighted by Gasteiger charge is 2.38. The zero-order valence-corrected chi connectivity index (χ0v) is 18.7. The quantitative estimate of drug-likeness (QED) is 0.674. The van der Waals surface area contributed by atoms with Crippen molar-refractivity contribution in [2.24, 2.45) is 0 Å². The minimum Gasteiger partial charge on any atom is -0.360 e. The van der Waals surface area contributed by atoms with Crippen LogP contribution in [0.2, 0.25) is 0 Å². The second-order valence-corrected chi connectivity index (χ2v) is 9.81. The Hall–Kier alpha value is -1.98. The predicted molar refractivity (Wildman–Crippen MR) is 122 cm³/mol. The molecule has 0 bridgehead atoms. The van der Waals surface area contributed by atoms with Crippen LogP contribution in [-0.4, -0.2) is 27.1 Å². The second-order valence-electron chi connectivity index (χ2n) is 9.42. The maximum absolute atomic E-state index is 13.7. The molecule has 2 aromatic rings. The molecule has 1 heterocycles. The van der Waals surface area contributed by atoms with Crippen LogP contribution < -0.4 is 10.6 Å². The fourth-order valence-electron chi connectivity index (χ4n) is 4.55. The van der Waals surface area contributed by atoms with Crippen LogP contribution in [-0.2, 0) is 13.1 Å². The van der Waals surface area contributed by atoms with Crippen LogP contribution in [0.15, 0.2) is 54.6 Å². The Labute approximate surface area is 179 Å². The first-order valence-corrected chi connectivity index (χ1v) is 10.7. The van der Waals surface area contributed by atoms with E-state index in [4.69, 9.17) is 12.2 Å². The minimum atomic E-state index is -0.220. The van der Waals surface area contributed by atoms with E-state index in [9.17, 15) is 4.39 Å². The highest BCUT2D eigenvalue weighted by atomic mass is 32.1. The van der Waals surface area contributed by atoms with Crippen LogP contribution in [0.5, 0.6) is 0 Å². The van der Waals surface area contributed by atoms with Gasteiger partial charge in [-0.3, -0.25) is 0 Å². The van der Waals surface area contributed by atoms with Crippen molar-refractivity contribution in [3.8, 4) is 0 Å². The summed E-state index contributed by atoms with van der Waals surface area (Å²) in [6.45, 7) is 10.2. The van der Waals surface area contributed by atoms with Crippen LogP contribution in [0.3, 0.4) is 0 Å². The molecule has 0 saturated carbocycles. The van der Waals surface area contributed by atoms with Gasteiger partial charge >= 0.3 is 0 Å². The summed E-state index contributed by atoms with van der Waals surface area (Å²) in [7, 11) is 0. The lowest BCUT2D eigenvalue weighted by Gasteiger charge is -2.47. The van der Waals surface area contributed by atoms with Crippen molar-refractivity contribution in [2.75, 3.05) is 0 Å². The van der Waals surface area contributed by atoms with Crippen molar-refractivity contribution < 1.29 is 4.39 Å². The second kappa shape index (κ2) is 8.80. The van der Waals surface area contributed by atoms with Crippen LogP contribution >= 0.6 is 12.2 Å². The van der Waals surface area contributed by atoms with Crippen LogP contribution in [0, 0.1) is 5.82 Å². The summed E-state index contributed by atoms with van der Waals surface area (Å²) in [5, 5.41) is 8.04. The van der Waals surface area contributed by atoms with Crippen LogP contribution in [0.4, 0.5) is 4.39 Å². The maximum atomic E-state index is 13.7. The molecule has 3 rings (SSSR count). The Kier molecular flexibility index (Phi) is 6.59. The van der Waals surface area contributed by atoms with E-state index in [1.54, 1.807) is 12.1 Å². The fraction of sp³-hybridized carbons (Fsp3) is 0.458. The molecule has 2 N–H and O–H groups in total. The van der Waals surface area contributed by atoms with Gasteiger partial charge in [-0.15, -0.1) is 0 Å². The van der Waals surface area contributed by atoms with Gasteiger partial charge in [0.05, 0.1) is 0 Å². The van der Waals surface area contributed by atoms with Crippen molar-refractivity contribution in [1.82, 2.24) is 15.5 Å². The van der Waals surface area contributed by atoms with Crippen molar-refractivity contribution in [3.05, 3.63) is 71.5 Å². The van der Waals surface area contributed by atoms with Gasteiger partial charge in [0.15, 0.2) is 5.11 Å². The average molecular weight is 414 g/mol. The van der Waals surface area contributed by atoms with Gasteiger partial charge in [0.1, 0.15) is 5.82 Å². The lowest BCUT2D eigenvalue weighted by Crippen LogP contribution is -2.62. The normalized spacial score (nSPS) is 18.2. The first-order valence-electron chi connectivity index (χ1n) is 10.3. The molecule has 1 aliphatic heterocycles. The summed E-state index contributed by atoms with van der Waals surface area (Å²) in [5.41, 5.74) is 2.18. The Balaban J connectivity index is 1.76. The molecule has 5 heteroatoms. The molecular weight excluding hydrogens is 381 g/mol. The van der Waals surface area contributed by atoms with Crippen LogP contribution in [0.1, 0.15) is 51.7 Å². The standard InChI is InChI=1S/C24H32FN3S/c1-23(2)14-21(15-24(3,4)27-23)26-22(29)28(16-18-9-6-5-7-10-18)17-19-11-8-12-20(25)13-19/h5-13,21,27H,14-17H2,1-4H3,(H,26,29). The highest BCUT2D eigenvalue weighted by molar-refractivity contribution is 7.80. The average Bonchev–Trinajstić information content (AvgIpc) is 2.59. The molecule has 156 valence electrons. The SMILES string of the molecule is CC1(C)CC(NC(=S)N(Cc2ccccc2)Cc2cccc(F)c2)CC(C)(C)N1. The molecule has 0 spiro atoms. The summed E-state index contributed by atoms with van der Waals surface area (Å²) < 4.78 is 13.7. The molecule has 0 amide bonds. The highest BCUT2D eigenvalue weighted by Crippen LogP contribution is 2.28. The zero-order chi connectivity index (χ0) is 21.1. The van der Waals surface area contributed by atoms with Crippen molar-refractivity contribution in [3.63, 3.8) is 0 Å². The predicted octanol–water partition coefficient (Wildman–Crippen LogP) is 5.01. The largest absolute Gasteiger partial charge is 0.360 e. The number of nitrogens with one attached hydrogen (secondary N) is 2. The Morgan fingerprint density at radius 3 is 2.21 bits per heavy atom. The smallest absolute Gasteiger partial charge is 0.169 e. The Morgan fingerprint density at radius 1 is 1.00 bits per heavy atom. The van der Waals surface area contributed by atoms with Gasteiger partial charge in [-0.25, -0.2) is 4.39 Å². The molecule has 1 saturated heterocycles. The molecular formula is C24H32FN3S. The van der Waals surface area contributed by atoms with E-state index in [1.165, 1.54) is 11.6 Å². The number of hydrogen-bond acceptors (Lipinski definition) is 2. The third kappa shape index (κ3) is 6.51. The molecule has 3 nitrogen and oxygen atoms in total. The number of piperidine rings is 1. The van der Waals surface area contributed by atoms with Gasteiger partial charge in [-0.1, -0.05) is 42.5 Å². The third-order valence-electron chi connectivity index (χ3n) is 5.28. The molecule has 0 aromatic heterocycles. The molecule has 0 aliphatic carbocycles. The first kappa shape index (κ1) is 21.7. The molecule has 0 unspecified atom stereocenters. The summed E-state index contributed by atoms with van der Waals surface area (Å²) in [4.78, 5) is 2.13. The van der Waals surface area contributed by atoms with Gasteiger partial charge in [-0.05, 0) is 76.0 Å². The van der Waals surface area contributed by atoms with E-state index in [-0.39, 0.29) is 16.9 Å². The van der Waals surface area contributed by atoms with Gasteiger partial charge in [-0.2, -0.15) is 0 Å². The summed E-state index contributed by atoms with van der Waals surface area (Å²) in [5.74, 6) is -0.220. The van der Waals surface area contributed by atoms with E-state index in [0.717, 1.165) is 23.5 Å². The molecule has 0 atom stereocenters. The van der Waals surface area contributed by atoms with E-state index in [0.29, 0.717) is 19.1 Å². The van der Waals surface area contributed by atoms with E-state index in [2.05, 4.69) is 55.4 Å². The molecule has 0 radical (unpaired) electrons. The third-order valence-corrected chi connectivity index (χ3v) is 5.66. The topological polar surface area (TPSA) is 27.3 Å². The van der Waals surface area contributed by atoms with Gasteiger partial charge in [0.2, 0.25) is 0 Å². The van der Waals surface area contributed by atoms with Gasteiger partial charge < -0.3 is 15.5 Å². The monoisotopic (exact) mass is 413 g/mol. The number of halogens is 1. The minimum absolute atomic E-state index is 0.0435. The summed E-state index contributed by atoms with van der Waals surface area (Å²) in [6, 6.07) is 17.3. The number of nitrogens with zero attached hydrogens (tertiary/aromatic N) is 1. The summed E-state index contributed by atoms with van der Waals surface area (Å²) in [6.07, 6.45) is 1.99. The van der Waals surface area contributed by atoms with Gasteiger partial charge in [0, 0.05) is 30.2 Å². The number of thiocarbonyl (C=S) groups is 1. The van der Waals surface area contributed by atoms with E-state index >= 15 is 0 Å². The number of hydrogen-bond donors (Lipinski definition) is 2. The van der Waals surface area contributed by atoms with Crippen molar-refractivity contribution in [1.29, 1.82) is 0 Å². The molecule has 2 aromatic carbocycles. The van der Waals surface area contributed by atoms with E-state index in [1.807, 2.05) is 24.3 Å². The molecule has 1 fully saturated rings. The van der Waals surface area contributed by atoms with Crippen molar-refractivity contribution >= 4 is 17.3 Å². The zero-order valence-electron chi connectivity index (χ0n) is 17.8. The molecule has 29 heavy (non-hydrogen) atoms. The lowest BCUT2D eigenvalue weighted by atomic mass is 9.80. The summed E-state index contributed by atoms with van der Waals surface area (Å²) >= 11 is 5.84. The van der Waals surface area contributed by atoms with Gasteiger partial charge in [0.25, 0.3) is 0 Å². The first-order chi connectivity index (χ1) is 13.6. The fourth-order valence-corrected chi connectivity index (χ4v) is 4.85. The maximum Gasteiger partial charge on any atom is 0.169 e. The van der Waals surface area contributed by atoms with Crippen molar-refractivity contribution in [2.45, 2.75) is 70.7 Å².